The zero-order valence-electron chi connectivity index (χ0n) is 10.6. The molecular weight excluding hydrogens is 279 g/mol. The van der Waals surface area contributed by atoms with Crippen LogP contribution in [0.3, 0.4) is 0 Å². The molecular formula is C14H15FN2S2. The van der Waals surface area contributed by atoms with Gasteiger partial charge < -0.3 is 5.32 Å². The number of thiazole rings is 1. The molecule has 2 atom stereocenters. The van der Waals surface area contributed by atoms with Crippen LogP contribution < -0.4 is 5.32 Å². The van der Waals surface area contributed by atoms with Crippen LogP contribution >= 0.6 is 23.1 Å². The number of aromatic nitrogens is 1. The first-order valence-corrected chi connectivity index (χ1v) is 8.18. The van der Waals surface area contributed by atoms with Gasteiger partial charge in [0.1, 0.15) is 10.8 Å². The van der Waals surface area contributed by atoms with Crippen LogP contribution in [0.25, 0.3) is 0 Å². The van der Waals surface area contributed by atoms with Crippen LogP contribution in [0.15, 0.2) is 34.7 Å². The van der Waals surface area contributed by atoms with E-state index in [1.807, 2.05) is 17.6 Å². The maximum absolute atomic E-state index is 13.4. The molecule has 3 rings (SSSR count). The minimum absolute atomic E-state index is 0.157. The molecule has 0 bridgehead atoms. The molecule has 2 unspecified atom stereocenters. The van der Waals surface area contributed by atoms with Crippen molar-refractivity contribution in [1.82, 2.24) is 10.3 Å². The Bertz CT molecular complexity index is 557. The predicted molar refractivity (Wildman–Crippen MR) is 78.1 cm³/mol. The quantitative estimate of drug-likeness (QED) is 0.919. The number of nitrogens with one attached hydrogen (secondary N) is 1. The van der Waals surface area contributed by atoms with Crippen molar-refractivity contribution in [2.24, 2.45) is 0 Å². The molecule has 0 aliphatic carbocycles. The summed E-state index contributed by atoms with van der Waals surface area (Å²) in [5.74, 6) is 0.913. The summed E-state index contributed by atoms with van der Waals surface area (Å²) >= 11 is 3.46. The highest BCUT2D eigenvalue weighted by molar-refractivity contribution is 7.99. The van der Waals surface area contributed by atoms with Gasteiger partial charge >= 0.3 is 0 Å². The van der Waals surface area contributed by atoms with E-state index in [4.69, 9.17) is 0 Å². The van der Waals surface area contributed by atoms with Gasteiger partial charge in [0.05, 0.1) is 6.04 Å². The lowest BCUT2D eigenvalue weighted by Gasteiger charge is -2.28. The van der Waals surface area contributed by atoms with E-state index >= 15 is 0 Å². The van der Waals surface area contributed by atoms with E-state index in [-0.39, 0.29) is 17.9 Å². The molecule has 1 aromatic carbocycles. The number of thioether (sulfide) groups is 1. The fourth-order valence-corrected chi connectivity index (χ4v) is 4.12. The first kappa shape index (κ1) is 13.1. The van der Waals surface area contributed by atoms with Crippen molar-refractivity contribution in [3.63, 3.8) is 0 Å². The van der Waals surface area contributed by atoms with Gasteiger partial charge in [-0.15, -0.1) is 23.1 Å². The fraction of sp³-hybridized carbons (Fsp3) is 0.357. The van der Waals surface area contributed by atoms with Gasteiger partial charge in [0, 0.05) is 22.5 Å². The maximum Gasteiger partial charge on any atom is 0.123 e. The average molecular weight is 294 g/mol. The Kier molecular flexibility index (Phi) is 3.86. The molecule has 1 aliphatic heterocycles. The molecule has 19 heavy (non-hydrogen) atoms. The second-order valence-corrected chi connectivity index (χ2v) is 6.69. The Hall–Kier alpha value is -0.910. The number of halogens is 1. The van der Waals surface area contributed by atoms with E-state index in [1.165, 1.54) is 4.90 Å². The number of fused-ring (bicyclic) bond motifs is 1. The van der Waals surface area contributed by atoms with Crippen LogP contribution in [-0.4, -0.2) is 10.7 Å². The Labute approximate surface area is 120 Å². The third-order valence-electron chi connectivity index (χ3n) is 3.28. The Morgan fingerprint density at radius 3 is 3.16 bits per heavy atom. The Morgan fingerprint density at radius 1 is 1.47 bits per heavy atom. The van der Waals surface area contributed by atoms with Crippen molar-refractivity contribution in [3.8, 4) is 0 Å². The standard InChI is InChI=1S/C14H15FN2S2/c1-9(14-16-5-7-19-14)17-12-4-6-18-13-3-2-10(15)8-11(12)13/h2-3,5,7-9,12,17H,4,6H2,1H3. The van der Waals surface area contributed by atoms with E-state index in [2.05, 4.69) is 17.2 Å². The van der Waals surface area contributed by atoms with E-state index in [9.17, 15) is 4.39 Å². The summed E-state index contributed by atoms with van der Waals surface area (Å²) in [6.07, 6.45) is 2.85. The minimum atomic E-state index is -0.157. The number of hydrogen-bond donors (Lipinski definition) is 1. The van der Waals surface area contributed by atoms with Crippen LogP contribution in [0.2, 0.25) is 0 Å². The van der Waals surface area contributed by atoms with Gasteiger partial charge in [-0.1, -0.05) is 0 Å². The van der Waals surface area contributed by atoms with Gasteiger partial charge in [0.2, 0.25) is 0 Å². The molecule has 2 nitrogen and oxygen atoms in total. The summed E-state index contributed by atoms with van der Waals surface area (Å²) in [7, 11) is 0. The van der Waals surface area contributed by atoms with Gasteiger partial charge in [-0.3, -0.25) is 0 Å². The monoisotopic (exact) mass is 294 g/mol. The molecule has 0 spiro atoms. The highest BCUT2D eigenvalue weighted by Gasteiger charge is 2.23. The van der Waals surface area contributed by atoms with Gasteiger partial charge in [-0.25, -0.2) is 9.37 Å². The normalized spacial score (nSPS) is 20.0. The summed E-state index contributed by atoms with van der Waals surface area (Å²) in [5, 5.41) is 6.64. The van der Waals surface area contributed by atoms with Crippen LogP contribution in [0.4, 0.5) is 4.39 Å². The topological polar surface area (TPSA) is 24.9 Å². The largest absolute Gasteiger partial charge is 0.301 e. The summed E-state index contributed by atoms with van der Waals surface area (Å²) in [6.45, 7) is 2.11. The zero-order chi connectivity index (χ0) is 13.2. The summed E-state index contributed by atoms with van der Waals surface area (Å²) in [6, 6.07) is 5.50. The van der Waals surface area contributed by atoms with Crippen LogP contribution in [0.1, 0.15) is 36.0 Å². The molecule has 5 heteroatoms. The van der Waals surface area contributed by atoms with Gasteiger partial charge in [-0.05, 0) is 42.9 Å². The van der Waals surface area contributed by atoms with Gasteiger partial charge in [0.15, 0.2) is 0 Å². The first-order chi connectivity index (χ1) is 9.24. The predicted octanol–water partition coefficient (Wildman–Crippen LogP) is 4.17. The zero-order valence-corrected chi connectivity index (χ0v) is 12.2. The molecule has 0 amide bonds. The maximum atomic E-state index is 13.4. The summed E-state index contributed by atoms with van der Waals surface area (Å²) in [5.41, 5.74) is 1.08. The number of hydrogen-bond acceptors (Lipinski definition) is 4. The van der Waals surface area contributed by atoms with E-state index in [0.29, 0.717) is 0 Å². The molecule has 100 valence electrons. The lowest BCUT2D eigenvalue weighted by atomic mass is 10.0. The van der Waals surface area contributed by atoms with Gasteiger partial charge in [-0.2, -0.15) is 0 Å². The highest BCUT2D eigenvalue weighted by atomic mass is 32.2. The molecule has 1 aromatic heterocycles. The second kappa shape index (κ2) is 5.61. The van der Waals surface area contributed by atoms with E-state index in [0.717, 1.165) is 22.7 Å². The minimum Gasteiger partial charge on any atom is -0.301 e. The third-order valence-corrected chi connectivity index (χ3v) is 5.37. The summed E-state index contributed by atoms with van der Waals surface area (Å²) in [4.78, 5) is 5.52. The van der Waals surface area contributed by atoms with Crippen LogP contribution in [0, 0.1) is 5.82 Å². The Balaban J connectivity index is 1.81. The molecule has 2 aromatic rings. The van der Waals surface area contributed by atoms with Crippen molar-refractivity contribution >= 4 is 23.1 Å². The smallest absolute Gasteiger partial charge is 0.123 e. The molecule has 0 saturated carbocycles. The fourth-order valence-electron chi connectivity index (χ4n) is 2.36. The lowest BCUT2D eigenvalue weighted by molar-refractivity contribution is 0.446. The third kappa shape index (κ3) is 2.83. The number of nitrogens with zero attached hydrogens (tertiary/aromatic N) is 1. The lowest BCUT2D eigenvalue weighted by Crippen LogP contribution is -2.27. The van der Waals surface area contributed by atoms with E-state index in [1.54, 1.807) is 35.2 Å². The van der Waals surface area contributed by atoms with Crippen LogP contribution in [-0.2, 0) is 0 Å². The molecule has 2 heterocycles. The van der Waals surface area contributed by atoms with Crippen molar-refractivity contribution < 1.29 is 4.39 Å². The van der Waals surface area contributed by atoms with E-state index < -0.39 is 0 Å². The van der Waals surface area contributed by atoms with Crippen molar-refractivity contribution in [2.75, 3.05) is 5.75 Å². The molecule has 0 saturated heterocycles. The van der Waals surface area contributed by atoms with Crippen molar-refractivity contribution in [2.45, 2.75) is 30.3 Å². The molecule has 0 radical (unpaired) electrons. The second-order valence-electron chi connectivity index (χ2n) is 4.63. The summed E-state index contributed by atoms with van der Waals surface area (Å²) < 4.78 is 13.4. The number of rotatable bonds is 3. The van der Waals surface area contributed by atoms with Gasteiger partial charge in [0.25, 0.3) is 0 Å². The Morgan fingerprint density at radius 2 is 2.37 bits per heavy atom. The average Bonchev–Trinajstić information content (AvgIpc) is 2.93. The molecule has 1 N–H and O–H groups in total. The first-order valence-electron chi connectivity index (χ1n) is 6.32. The van der Waals surface area contributed by atoms with Crippen molar-refractivity contribution in [1.29, 1.82) is 0 Å². The van der Waals surface area contributed by atoms with Crippen molar-refractivity contribution in [3.05, 3.63) is 46.2 Å². The highest BCUT2D eigenvalue weighted by Crippen LogP contribution is 2.37. The molecule has 1 aliphatic rings. The number of benzene rings is 1. The molecule has 0 fully saturated rings. The SMILES string of the molecule is CC(NC1CCSc2ccc(F)cc21)c1nccs1. The van der Waals surface area contributed by atoms with Crippen LogP contribution in [0.5, 0.6) is 0 Å².